The lowest BCUT2D eigenvalue weighted by Crippen LogP contribution is -2.00. The summed E-state index contributed by atoms with van der Waals surface area (Å²) in [5.74, 6) is 1.71. The molecule has 0 aliphatic rings. The smallest absolute Gasteiger partial charge is 0.164 e. The molecule has 0 fully saturated rings. The highest BCUT2D eigenvalue weighted by Gasteiger charge is 2.19. The van der Waals surface area contributed by atoms with Gasteiger partial charge in [0, 0.05) is 60.4 Å². The highest BCUT2D eigenvalue weighted by Crippen LogP contribution is 2.41. The number of aromatic nitrogens is 5. The number of hydrogen-bond donors (Lipinski definition) is 0. The molecule has 0 amide bonds. The Morgan fingerprint density at radius 3 is 1.25 bits per heavy atom. The predicted molar refractivity (Wildman–Crippen MR) is 283 cm³/mol. The number of furan rings is 1. The summed E-state index contributed by atoms with van der Waals surface area (Å²) in [4.78, 5) is 14.9. The number of nitrogens with zero attached hydrogens (tertiary/aromatic N) is 5. The molecule has 0 bridgehead atoms. The second kappa shape index (κ2) is 15.6. The van der Waals surface area contributed by atoms with Gasteiger partial charge in [0.15, 0.2) is 17.5 Å². The zero-order chi connectivity index (χ0) is 49.8. The fourth-order valence-corrected chi connectivity index (χ4v) is 10.0. The Bertz CT molecular complexity index is 4520. The third kappa shape index (κ3) is 6.45. The molecule has 10 aromatic carbocycles. The first-order valence-corrected chi connectivity index (χ1v) is 22.8. The molecule has 4 heterocycles. The Hall–Kier alpha value is -9.39. The molecule has 0 unspecified atom stereocenters. The standard InChI is InChI=1S/C63H39N5O/c1-5-15-40(16-6-1)61-64-62(41-17-7-2-8-18-41)66-63(65-61)46-29-34-60-54(39-46)53-38-45(28-33-59(53)69-60)44-27-32-58-52(37-44)51-36-43(26-31-57(51)68(58)48-21-11-4-12-22-48)42-25-30-56-50(35-42)49-23-13-14-24-55(49)67(56)47-19-9-3-10-20-47/h1-39H/i4D,11D,12D,21D,22D. The minimum absolute atomic E-state index is 0.0960. The van der Waals surface area contributed by atoms with Crippen molar-refractivity contribution in [1.82, 2.24) is 24.1 Å². The first-order chi connectivity index (χ1) is 36.3. The normalized spacial score (nSPS) is 12.8. The molecule has 0 saturated heterocycles. The molecule has 0 aliphatic carbocycles. The van der Waals surface area contributed by atoms with Crippen LogP contribution in [-0.2, 0) is 0 Å². The van der Waals surface area contributed by atoms with Gasteiger partial charge in [0.25, 0.3) is 0 Å². The molecule has 322 valence electrons. The Morgan fingerprint density at radius 2 is 0.696 bits per heavy atom. The summed E-state index contributed by atoms with van der Waals surface area (Å²) < 4.78 is 54.5. The Labute approximate surface area is 403 Å². The molecule has 6 nitrogen and oxygen atoms in total. The van der Waals surface area contributed by atoms with Gasteiger partial charge in [0.05, 0.1) is 28.9 Å². The maximum atomic E-state index is 9.10. The van der Waals surface area contributed by atoms with E-state index in [1.165, 1.54) is 0 Å². The molecule has 4 aromatic heterocycles. The topological polar surface area (TPSA) is 61.7 Å². The van der Waals surface area contributed by atoms with Crippen LogP contribution >= 0.6 is 0 Å². The van der Waals surface area contributed by atoms with Crippen molar-refractivity contribution in [3.8, 4) is 67.8 Å². The van der Waals surface area contributed by atoms with Crippen LogP contribution in [0.15, 0.2) is 241 Å². The van der Waals surface area contributed by atoms with Crippen LogP contribution in [-0.4, -0.2) is 24.1 Å². The third-order valence-corrected chi connectivity index (χ3v) is 13.3. The Balaban J connectivity index is 0.934. The zero-order valence-corrected chi connectivity index (χ0v) is 36.8. The number of para-hydroxylation sites is 3. The fraction of sp³-hybridized carbons (Fsp3) is 0. The average Bonchev–Trinajstić information content (AvgIpc) is 4.15. The fourth-order valence-electron chi connectivity index (χ4n) is 10.0. The monoisotopic (exact) mass is 886 g/mol. The van der Waals surface area contributed by atoms with Crippen LogP contribution < -0.4 is 0 Å². The van der Waals surface area contributed by atoms with Crippen molar-refractivity contribution in [2.45, 2.75) is 0 Å². The van der Waals surface area contributed by atoms with E-state index in [2.05, 4.69) is 108 Å². The second-order valence-corrected chi connectivity index (χ2v) is 17.3. The van der Waals surface area contributed by atoms with Crippen LogP contribution in [0, 0.1) is 0 Å². The number of hydrogen-bond acceptors (Lipinski definition) is 4. The van der Waals surface area contributed by atoms with Gasteiger partial charge >= 0.3 is 0 Å². The van der Waals surface area contributed by atoms with E-state index < -0.39 is 6.04 Å². The van der Waals surface area contributed by atoms with Crippen LogP contribution in [0.3, 0.4) is 0 Å². The molecule has 0 saturated carbocycles. The minimum atomic E-state index is -0.436. The molecule has 6 heteroatoms. The van der Waals surface area contributed by atoms with Gasteiger partial charge in [-0.3, -0.25) is 0 Å². The van der Waals surface area contributed by atoms with Gasteiger partial charge in [0.2, 0.25) is 0 Å². The first kappa shape index (κ1) is 34.0. The van der Waals surface area contributed by atoms with E-state index >= 15 is 0 Å². The summed E-state index contributed by atoms with van der Waals surface area (Å²) in [5.41, 5.74) is 12.8. The van der Waals surface area contributed by atoms with E-state index in [9.17, 15) is 0 Å². The van der Waals surface area contributed by atoms with Gasteiger partial charge in [-0.2, -0.15) is 0 Å². The van der Waals surface area contributed by atoms with E-state index in [1.54, 1.807) is 0 Å². The van der Waals surface area contributed by atoms with Crippen molar-refractivity contribution in [2.75, 3.05) is 0 Å². The van der Waals surface area contributed by atoms with Gasteiger partial charge in [-0.1, -0.05) is 139 Å². The van der Waals surface area contributed by atoms with Crippen molar-refractivity contribution < 1.29 is 11.3 Å². The highest BCUT2D eigenvalue weighted by molar-refractivity contribution is 6.14. The SMILES string of the molecule is [2H]c1c([2H])c([2H])c(-n2c3ccc(-c4ccc5oc6ccc(-c7nc(-c8ccccc8)nc(-c8ccccc8)n7)cc6c5c4)cc3c3cc(-c4ccc5c(c4)c4ccccc4n5-c4ccccc4)ccc32)c([2H])c1[2H]. The van der Waals surface area contributed by atoms with Crippen molar-refractivity contribution in [3.05, 3.63) is 236 Å². The van der Waals surface area contributed by atoms with Crippen LogP contribution in [0.1, 0.15) is 6.85 Å². The number of rotatable bonds is 7. The average molecular weight is 887 g/mol. The summed E-state index contributed by atoms with van der Waals surface area (Å²) in [5, 5.41) is 5.85. The molecule has 0 atom stereocenters. The molecule has 0 spiro atoms. The van der Waals surface area contributed by atoms with Crippen LogP contribution in [0.4, 0.5) is 0 Å². The molecule has 0 radical (unpaired) electrons. The zero-order valence-electron chi connectivity index (χ0n) is 41.8. The first-order valence-electron chi connectivity index (χ1n) is 25.3. The molecule has 14 rings (SSSR count). The van der Waals surface area contributed by atoms with Gasteiger partial charge in [-0.25, -0.2) is 15.0 Å². The maximum Gasteiger partial charge on any atom is 0.164 e. The molecule has 0 aliphatic heterocycles. The quantitative estimate of drug-likeness (QED) is 0.160. The lowest BCUT2D eigenvalue weighted by Gasteiger charge is -2.09. The predicted octanol–water partition coefficient (Wildman–Crippen LogP) is 16.3. The van der Waals surface area contributed by atoms with Crippen molar-refractivity contribution in [3.63, 3.8) is 0 Å². The van der Waals surface area contributed by atoms with E-state index in [1.807, 2.05) is 108 Å². The molecular weight excluding hydrogens is 843 g/mol. The highest BCUT2D eigenvalue weighted by atomic mass is 16.3. The molecule has 69 heavy (non-hydrogen) atoms. The molecular formula is C63H39N5O. The summed E-state index contributed by atoms with van der Waals surface area (Å²) in [6.45, 7) is 0. The summed E-state index contributed by atoms with van der Waals surface area (Å²) >= 11 is 0. The second-order valence-electron chi connectivity index (χ2n) is 17.3. The summed E-state index contributed by atoms with van der Waals surface area (Å²) in [6.07, 6.45) is 0. The van der Waals surface area contributed by atoms with Gasteiger partial charge in [-0.15, -0.1) is 0 Å². The van der Waals surface area contributed by atoms with E-state index in [4.69, 9.17) is 26.2 Å². The lowest BCUT2D eigenvalue weighted by atomic mass is 9.98. The van der Waals surface area contributed by atoms with Crippen LogP contribution in [0.25, 0.3) is 133 Å². The summed E-state index contributed by atoms with van der Waals surface area (Å²) in [7, 11) is 0. The van der Waals surface area contributed by atoms with Crippen molar-refractivity contribution in [1.29, 1.82) is 0 Å². The summed E-state index contributed by atoms with van der Waals surface area (Å²) in [6, 6.07) is 68.1. The number of benzene rings is 10. The Kier molecular flexibility index (Phi) is 7.69. The van der Waals surface area contributed by atoms with Gasteiger partial charge < -0.3 is 13.6 Å². The van der Waals surface area contributed by atoms with Gasteiger partial charge in [-0.05, 0) is 119 Å². The maximum absolute atomic E-state index is 9.10. The van der Waals surface area contributed by atoms with E-state index in [-0.39, 0.29) is 29.9 Å². The van der Waals surface area contributed by atoms with Gasteiger partial charge in [0.1, 0.15) is 11.2 Å². The van der Waals surface area contributed by atoms with E-state index in [0.717, 1.165) is 99.1 Å². The molecule has 0 N–H and O–H groups in total. The van der Waals surface area contributed by atoms with E-state index in [0.29, 0.717) is 28.5 Å². The molecule has 14 aromatic rings. The Morgan fingerprint density at radius 1 is 0.304 bits per heavy atom. The third-order valence-electron chi connectivity index (χ3n) is 13.3. The van der Waals surface area contributed by atoms with Crippen LogP contribution in [0.5, 0.6) is 0 Å². The van der Waals surface area contributed by atoms with Crippen molar-refractivity contribution in [2.24, 2.45) is 0 Å². The van der Waals surface area contributed by atoms with Crippen LogP contribution in [0.2, 0.25) is 0 Å². The van der Waals surface area contributed by atoms with Crippen molar-refractivity contribution >= 4 is 65.6 Å². The minimum Gasteiger partial charge on any atom is -0.456 e. The largest absolute Gasteiger partial charge is 0.456 e. The number of fused-ring (bicyclic) bond motifs is 9. The lowest BCUT2D eigenvalue weighted by molar-refractivity contribution is 0.669.